The number of carbonyl (C=O) groups excluding carboxylic acids is 1. The van der Waals surface area contributed by atoms with Gasteiger partial charge >= 0.3 is 0 Å². The summed E-state index contributed by atoms with van der Waals surface area (Å²) >= 11 is 8.11. The molecule has 1 aromatic heterocycles. The van der Waals surface area contributed by atoms with Crippen LogP contribution in [0.25, 0.3) is 10.4 Å². The molecule has 132 valence electrons. The lowest BCUT2D eigenvalue weighted by atomic mass is 10.2. The number of piperazine rings is 1. The van der Waals surface area contributed by atoms with E-state index in [-0.39, 0.29) is 0 Å². The third-order valence-corrected chi connectivity index (χ3v) is 6.72. The molecule has 0 N–H and O–H groups in total. The molecule has 2 heterocycles. The zero-order chi connectivity index (χ0) is 17.4. The summed E-state index contributed by atoms with van der Waals surface area (Å²) in [5, 5.41) is 0.803. The average molecular weight is 375 g/mol. The third-order valence-electron chi connectivity index (χ3n) is 5.29. The van der Waals surface area contributed by atoms with Gasteiger partial charge in [0.15, 0.2) is 0 Å². The van der Waals surface area contributed by atoms with E-state index in [0.717, 1.165) is 49.7 Å². The molecule has 1 aliphatic carbocycles. The van der Waals surface area contributed by atoms with E-state index >= 15 is 0 Å². The lowest BCUT2D eigenvalue weighted by Gasteiger charge is -2.34. The Bertz CT molecular complexity index is 767. The third kappa shape index (κ3) is 3.76. The second-order valence-electron chi connectivity index (χ2n) is 7.17. The van der Waals surface area contributed by atoms with Gasteiger partial charge in [-0.05, 0) is 30.5 Å². The Balaban J connectivity index is 1.33. The van der Waals surface area contributed by atoms with Gasteiger partial charge in [-0.15, -0.1) is 11.3 Å². The van der Waals surface area contributed by atoms with E-state index in [9.17, 15) is 4.79 Å². The first kappa shape index (κ1) is 17.1. The number of thiophene rings is 1. The monoisotopic (exact) mass is 374 g/mol. The largest absolute Gasteiger partial charge is 0.340 e. The molecule has 5 heteroatoms. The van der Waals surface area contributed by atoms with E-state index in [1.54, 1.807) is 0 Å². The number of carbonyl (C=O) groups is 1. The van der Waals surface area contributed by atoms with Crippen molar-refractivity contribution in [2.45, 2.75) is 19.9 Å². The number of benzene rings is 1. The number of halogens is 1. The molecule has 1 saturated carbocycles. The Labute approximate surface area is 158 Å². The highest BCUT2D eigenvalue weighted by molar-refractivity contribution is 7.15. The normalized spacial score (nSPS) is 23.7. The van der Waals surface area contributed by atoms with Crippen molar-refractivity contribution in [1.82, 2.24) is 9.80 Å². The van der Waals surface area contributed by atoms with Crippen LogP contribution in [0.3, 0.4) is 0 Å². The molecule has 1 aliphatic heterocycles. The summed E-state index contributed by atoms with van der Waals surface area (Å²) in [6, 6.07) is 12.4. The lowest BCUT2D eigenvalue weighted by Crippen LogP contribution is -2.48. The second kappa shape index (κ2) is 7.10. The molecule has 2 atom stereocenters. The topological polar surface area (TPSA) is 23.6 Å². The van der Waals surface area contributed by atoms with Gasteiger partial charge in [0, 0.05) is 59.0 Å². The van der Waals surface area contributed by atoms with Gasteiger partial charge < -0.3 is 4.90 Å². The molecule has 1 aromatic carbocycles. The van der Waals surface area contributed by atoms with Crippen molar-refractivity contribution in [3.8, 4) is 10.4 Å². The second-order valence-corrected chi connectivity index (χ2v) is 8.74. The zero-order valence-electron chi connectivity index (χ0n) is 14.5. The fourth-order valence-corrected chi connectivity index (χ4v) is 4.90. The van der Waals surface area contributed by atoms with Gasteiger partial charge in [0.1, 0.15) is 0 Å². The molecule has 1 saturated heterocycles. The smallest absolute Gasteiger partial charge is 0.226 e. The van der Waals surface area contributed by atoms with Crippen molar-refractivity contribution in [3.05, 3.63) is 46.3 Å². The average Bonchev–Trinajstić information content (AvgIpc) is 3.17. The van der Waals surface area contributed by atoms with Crippen molar-refractivity contribution in [1.29, 1.82) is 0 Å². The van der Waals surface area contributed by atoms with Crippen LogP contribution in [-0.2, 0) is 11.3 Å². The maximum atomic E-state index is 12.3. The van der Waals surface area contributed by atoms with E-state index in [2.05, 4.69) is 34.9 Å². The van der Waals surface area contributed by atoms with Gasteiger partial charge in [0.25, 0.3) is 0 Å². The van der Waals surface area contributed by atoms with Crippen LogP contribution >= 0.6 is 22.9 Å². The quantitative estimate of drug-likeness (QED) is 0.793. The number of hydrogen-bond donors (Lipinski definition) is 0. The van der Waals surface area contributed by atoms with Crippen LogP contribution in [0.2, 0.25) is 5.02 Å². The predicted molar refractivity (Wildman–Crippen MR) is 104 cm³/mol. The van der Waals surface area contributed by atoms with Gasteiger partial charge in [-0.25, -0.2) is 0 Å². The summed E-state index contributed by atoms with van der Waals surface area (Å²) in [7, 11) is 0. The molecule has 1 amide bonds. The van der Waals surface area contributed by atoms with E-state index in [1.807, 2.05) is 29.5 Å². The minimum Gasteiger partial charge on any atom is -0.340 e. The Morgan fingerprint density at radius 2 is 1.88 bits per heavy atom. The minimum absolute atomic E-state index is 0.307. The number of hydrogen-bond acceptors (Lipinski definition) is 3. The number of nitrogens with zero attached hydrogens (tertiary/aromatic N) is 2. The summed E-state index contributed by atoms with van der Waals surface area (Å²) in [5.74, 6) is 1.28. The fraction of sp³-hybridized carbons (Fsp3) is 0.450. The Morgan fingerprint density at radius 3 is 2.56 bits per heavy atom. The molecule has 4 rings (SSSR count). The molecule has 2 fully saturated rings. The zero-order valence-corrected chi connectivity index (χ0v) is 16.0. The molecule has 2 unspecified atom stereocenters. The Kier molecular flexibility index (Phi) is 4.85. The summed E-state index contributed by atoms with van der Waals surface area (Å²) in [6.07, 6.45) is 1.08. The highest BCUT2D eigenvalue weighted by Crippen LogP contribution is 2.39. The molecule has 0 radical (unpaired) electrons. The molecule has 0 bridgehead atoms. The molecule has 0 spiro atoms. The maximum Gasteiger partial charge on any atom is 0.226 e. The summed E-state index contributed by atoms with van der Waals surface area (Å²) in [5.41, 5.74) is 1.11. The molecule has 25 heavy (non-hydrogen) atoms. The van der Waals surface area contributed by atoms with Gasteiger partial charge in [-0.1, -0.05) is 36.7 Å². The van der Waals surface area contributed by atoms with Crippen LogP contribution in [0.4, 0.5) is 0 Å². The highest BCUT2D eigenvalue weighted by atomic mass is 35.5. The standard InChI is InChI=1S/C20H23ClN2OS/c1-14-12-17(14)20(24)23-10-8-22(9-11-23)13-15-6-7-19(25-15)16-4-2-3-5-18(16)21/h2-7,14,17H,8-13H2,1H3. The van der Waals surface area contributed by atoms with Gasteiger partial charge in [-0.2, -0.15) is 0 Å². The summed E-state index contributed by atoms with van der Waals surface area (Å²) in [6.45, 7) is 6.79. The van der Waals surface area contributed by atoms with Gasteiger partial charge in [-0.3, -0.25) is 9.69 Å². The van der Waals surface area contributed by atoms with Crippen LogP contribution in [0.15, 0.2) is 36.4 Å². The molecule has 2 aliphatic rings. The van der Waals surface area contributed by atoms with Crippen molar-refractivity contribution in [2.24, 2.45) is 11.8 Å². The van der Waals surface area contributed by atoms with Crippen molar-refractivity contribution in [2.75, 3.05) is 26.2 Å². The molecule has 3 nitrogen and oxygen atoms in total. The first-order valence-corrected chi connectivity index (χ1v) is 10.2. The Morgan fingerprint density at radius 1 is 1.16 bits per heavy atom. The van der Waals surface area contributed by atoms with Crippen LogP contribution in [-0.4, -0.2) is 41.9 Å². The lowest BCUT2D eigenvalue weighted by molar-refractivity contribution is -0.134. The maximum absolute atomic E-state index is 12.3. The highest BCUT2D eigenvalue weighted by Gasteiger charge is 2.41. The van der Waals surface area contributed by atoms with Crippen molar-refractivity contribution in [3.63, 3.8) is 0 Å². The van der Waals surface area contributed by atoms with Crippen LogP contribution in [0.1, 0.15) is 18.2 Å². The van der Waals surface area contributed by atoms with E-state index in [0.29, 0.717) is 17.7 Å². The first-order chi connectivity index (χ1) is 12.1. The van der Waals surface area contributed by atoms with E-state index in [4.69, 9.17) is 11.6 Å². The van der Waals surface area contributed by atoms with Crippen LogP contribution in [0.5, 0.6) is 0 Å². The van der Waals surface area contributed by atoms with Crippen LogP contribution in [0, 0.1) is 11.8 Å². The van der Waals surface area contributed by atoms with Crippen LogP contribution < -0.4 is 0 Å². The van der Waals surface area contributed by atoms with Gasteiger partial charge in [0.05, 0.1) is 0 Å². The SMILES string of the molecule is CC1CC1C(=O)N1CCN(Cc2ccc(-c3ccccc3Cl)s2)CC1. The molecular formula is C20H23ClN2OS. The number of rotatable bonds is 4. The van der Waals surface area contributed by atoms with Crippen molar-refractivity contribution >= 4 is 28.8 Å². The first-order valence-electron chi connectivity index (χ1n) is 8.96. The van der Waals surface area contributed by atoms with E-state index < -0.39 is 0 Å². The van der Waals surface area contributed by atoms with Gasteiger partial charge in [0.2, 0.25) is 5.91 Å². The fourth-order valence-electron chi connectivity index (χ4n) is 3.52. The predicted octanol–water partition coefficient (Wildman–Crippen LogP) is 4.37. The summed E-state index contributed by atoms with van der Waals surface area (Å²) < 4.78 is 0. The summed E-state index contributed by atoms with van der Waals surface area (Å²) in [4.78, 5) is 19.4. The molecule has 2 aromatic rings. The Hall–Kier alpha value is -1.36. The number of amides is 1. The van der Waals surface area contributed by atoms with Crippen molar-refractivity contribution < 1.29 is 4.79 Å². The molecular weight excluding hydrogens is 352 g/mol. The minimum atomic E-state index is 0.307. The van der Waals surface area contributed by atoms with E-state index in [1.165, 1.54) is 9.75 Å².